The number of hydrogen-bond acceptors (Lipinski definition) is 5. The Balaban J connectivity index is 3.98. The van der Waals surface area contributed by atoms with Crippen molar-refractivity contribution in [1.82, 2.24) is 5.32 Å². The lowest BCUT2D eigenvalue weighted by Gasteiger charge is -2.21. The Morgan fingerprint density at radius 3 is 2.27 bits per heavy atom. The van der Waals surface area contributed by atoms with E-state index in [1.165, 1.54) is 6.92 Å². The van der Waals surface area contributed by atoms with Gasteiger partial charge < -0.3 is 25.7 Å². The molecule has 0 spiro atoms. The summed E-state index contributed by atoms with van der Waals surface area (Å²) in [5, 5.41) is 38.3. The number of aliphatic hydroxyl groups excluding tert-OH is 4. The summed E-state index contributed by atoms with van der Waals surface area (Å²) in [5.74, 6) is -0.445. The molecule has 0 heterocycles. The summed E-state index contributed by atoms with van der Waals surface area (Å²) in [7, 11) is 0. The molecule has 0 aromatic rings. The van der Waals surface area contributed by atoms with E-state index in [4.69, 9.17) is 10.2 Å². The van der Waals surface area contributed by atoms with Gasteiger partial charge >= 0.3 is 0 Å². The van der Waals surface area contributed by atoms with Crippen molar-refractivity contribution in [3.8, 4) is 0 Å². The van der Waals surface area contributed by atoms with Crippen LogP contribution in [0.2, 0.25) is 0 Å². The second-order valence-electron chi connectivity index (χ2n) is 3.30. The Hall–Kier alpha value is -0.950. The smallest absolute Gasteiger partial charge is 0.246 e. The summed E-state index contributed by atoms with van der Waals surface area (Å²) in [4.78, 5) is 11.0. The molecular weight excluding hydrogens is 202 g/mol. The van der Waals surface area contributed by atoms with E-state index in [2.05, 4.69) is 11.9 Å². The fourth-order valence-corrected chi connectivity index (χ4v) is 0.833. The van der Waals surface area contributed by atoms with Crippen LogP contribution >= 0.6 is 0 Å². The molecule has 15 heavy (non-hydrogen) atoms. The van der Waals surface area contributed by atoms with Gasteiger partial charge in [0, 0.05) is 12.1 Å². The molecule has 0 radical (unpaired) electrons. The van der Waals surface area contributed by atoms with Crippen LogP contribution in [0.4, 0.5) is 0 Å². The van der Waals surface area contributed by atoms with Crippen molar-refractivity contribution < 1.29 is 25.2 Å². The van der Waals surface area contributed by atoms with Gasteiger partial charge in [0.25, 0.3) is 0 Å². The first-order chi connectivity index (χ1) is 6.90. The van der Waals surface area contributed by atoms with E-state index in [0.29, 0.717) is 0 Å². The Kier molecular flexibility index (Phi) is 6.11. The van der Waals surface area contributed by atoms with Crippen LogP contribution in [0.25, 0.3) is 0 Å². The molecule has 0 bridgehead atoms. The van der Waals surface area contributed by atoms with Gasteiger partial charge in [-0.1, -0.05) is 6.58 Å². The topological polar surface area (TPSA) is 110 Å². The number of amides is 1. The first-order valence-electron chi connectivity index (χ1n) is 4.49. The minimum atomic E-state index is -1.50. The van der Waals surface area contributed by atoms with Gasteiger partial charge in [0.2, 0.25) is 5.91 Å². The lowest BCUT2D eigenvalue weighted by Crippen LogP contribution is -2.45. The summed E-state index contributed by atoms with van der Waals surface area (Å²) >= 11 is 0. The average Bonchev–Trinajstić information content (AvgIpc) is 2.22. The summed E-state index contributed by atoms with van der Waals surface area (Å²) < 4.78 is 0. The first kappa shape index (κ1) is 14.1. The number of carbonyl (C=O) groups is 1. The van der Waals surface area contributed by atoms with Crippen molar-refractivity contribution in [2.24, 2.45) is 0 Å². The van der Waals surface area contributed by atoms with Crippen molar-refractivity contribution in [2.45, 2.75) is 25.2 Å². The number of nitrogens with one attached hydrogen (secondary N) is 1. The number of hydrogen-bond donors (Lipinski definition) is 5. The van der Waals surface area contributed by atoms with Crippen molar-refractivity contribution >= 4 is 5.91 Å². The van der Waals surface area contributed by atoms with Crippen LogP contribution in [0.15, 0.2) is 12.2 Å². The maximum Gasteiger partial charge on any atom is 0.246 e. The molecule has 1 amide bonds. The van der Waals surface area contributed by atoms with E-state index >= 15 is 0 Å². The highest BCUT2D eigenvalue weighted by Gasteiger charge is 2.24. The zero-order valence-corrected chi connectivity index (χ0v) is 8.55. The molecule has 0 rings (SSSR count). The average molecular weight is 219 g/mol. The predicted molar refractivity (Wildman–Crippen MR) is 52.9 cm³/mol. The van der Waals surface area contributed by atoms with E-state index in [9.17, 15) is 15.0 Å². The molecule has 88 valence electrons. The molecule has 6 nitrogen and oxygen atoms in total. The van der Waals surface area contributed by atoms with Crippen LogP contribution in [0, 0.1) is 0 Å². The molecule has 3 atom stereocenters. The third-order valence-electron chi connectivity index (χ3n) is 1.83. The standard InChI is InChI=1S/C9H17NO5/c1-5(2)9(15)10-3-6(12)8(14)7(13)4-11/h6-8,11-14H,1,3-4H2,2H3,(H,10,15)/t6-,7+,8+/m0/s1. The van der Waals surface area contributed by atoms with Gasteiger partial charge in [-0.3, -0.25) is 4.79 Å². The van der Waals surface area contributed by atoms with E-state index in [1.54, 1.807) is 0 Å². The predicted octanol–water partition coefficient (Wildman–Crippen LogP) is -2.25. The van der Waals surface area contributed by atoms with Gasteiger partial charge in [-0.05, 0) is 6.92 Å². The van der Waals surface area contributed by atoms with Crippen LogP contribution in [0.5, 0.6) is 0 Å². The van der Waals surface area contributed by atoms with Gasteiger partial charge in [0.05, 0.1) is 12.7 Å². The zero-order chi connectivity index (χ0) is 12.0. The lowest BCUT2D eigenvalue weighted by atomic mass is 10.1. The fraction of sp³-hybridized carbons (Fsp3) is 0.667. The van der Waals surface area contributed by atoms with Crippen LogP contribution in [-0.4, -0.2) is 57.8 Å². The van der Waals surface area contributed by atoms with Gasteiger partial charge in [0.1, 0.15) is 12.2 Å². The van der Waals surface area contributed by atoms with Crippen molar-refractivity contribution in [3.63, 3.8) is 0 Å². The maximum atomic E-state index is 11.0. The summed E-state index contributed by atoms with van der Waals surface area (Å²) in [5.41, 5.74) is 0.277. The molecular formula is C9H17NO5. The van der Waals surface area contributed by atoms with E-state index < -0.39 is 30.8 Å². The molecule has 0 saturated carbocycles. The van der Waals surface area contributed by atoms with E-state index in [0.717, 1.165) is 0 Å². The number of rotatable bonds is 6. The number of aliphatic hydroxyl groups is 4. The van der Waals surface area contributed by atoms with Crippen LogP contribution in [0.1, 0.15) is 6.92 Å². The Morgan fingerprint density at radius 2 is 1.87 bits per heavy atom. The molecule has 0 unspecified atom stereocenters. The van der Waals surface area contributed by atoms with Crippen LogP contribution in [-0.2, 0) is 4.79 Å². The van der Waals surface area contributed by atoms with Gasteiger partial charge in [-0.25, -0.2) is 0 Å². The molecule has 0 saturated heterocycles. The molecule has 0 fully saturated rings. The largest absolute Gasteiger partial charge is 0.394 e. The minimum absolute atomic E-state index is 0.218. The second kappa shape index (κ2) is 6.52. The monoisotopic (exact) mass is 219 g/mol. The molecule has 0 aliphatic carbocycles. The zero-order valence-electron chi connectivity index (χ0n) is 8.55. The van der Waals surface area contributed by atoms with Crippen molar-refractivity contribution in [2.75, 3.05) is 13.2 Å². The Morgan fingerprint density at radius 1 is 1.33 bits per heavy atom. The Labute approximate surface area is 87.9 Å². The highest BCUT2D eigenvalue weighted by Crippen LogP contribution is 1.99. The van der Waals surface area contributed by atoms with Gasteiger partial charge in [-0.15, -0.1) is 0 Å². The van der Waals surface area contributed by atoms with Crippen LogP contribution < -0.4 is 5.32 Å². The van der Waals surface area contributed by atoms with Crippen LogP contribution in [0.3, 0.4) is 0 Å². The normalized spacial score (nSPS) is 16.6. The lowest BCUT2D eigenvalue weighted by molar-refractivity contribution is -0.119. The number of carbonyl (C=O) groups excluding carboxylic acids is 1. The van der Waals surface area contributed by atoms with E-state index in [1.807, 2.05) is 0 Å². The Bertz CT molecular complexity index is 231. The van der Waals surface area contributed by atoms with Crippen molar-refractivity contribution in [3.05, 3.63) is 12.2 Å². The molecule has 0 aliphatic rings. The summed E-state index contributed by atoms with van der Waals surface area (Å²) in [6, 6.07) is 0. The quantitative estimate of drug-likeness (QED) is 0.324. The highest BCUT2D eigenvalue weighted by molar-refractivity contribution is 5.92. The highest BCUT2D eigenvalue weighted by atomic mass is 16.4. The first-order valence-corrected chi connectivity index (χ1v) is 4.49. The summed E-state index contributed by atoms with van der Waals surface area (Å²) in [6.07, 6.45) is -4.27. The van der Waals surface area contributed by atoms with Gasteiger partial charge in [-0.2, -0.15) is 0 Å². The second-order valence-corrected chi connectivity index (χ2v) is 3.30. The maximum absolute atomic E-state index is 11.0. The van der Waals surface area contributed by atoms with Gasteiger partial charge in [0.15, 0.2) is 0 Å². The third-order valence-corrected chi connectivity index (χ3v) is 1.83. The third kappa shape index (κ3) is 4.89. The SMILES string of the molecule is C=C(C)C(=O)NC[C@H](O)[C@@H](O)[C@H](O)CO. The molecule has 0 aliphatic heterocycles. The molecule has 0 aromatic heterocycles. The molecule has 6 heteroatoms. The fourth-order valence-electron chi connectivity index (χ4n) is 0.833. The minimum Gasteiger partial charge on any atom is -0.394 e. The molecule has 5 N–H and O–H groups in total. The molecule has 0 aromatic carbocycles. The van der Waals surface area contributed by atoms with Crippen molar-refractivity contribution in [1.29, 1.82) is 0 Å². The summed E-state index contributed by atoms with van der Waals surface area (Å²) in [6.45, 7) is 4.01. The van der Waals surface area contributed by atoms with E-state index in [-0.39, 0.29) is 12.1 Å².